The molecule has 0 radical (unpaired) electrons. The molecule has 92 valence electrons. The van der Waals surface area contributed by atoms with Crippen molar-refractivity contribution in [1.29, 1.82) is 0 Å². The number of likely N-dealkylation sites (tertiary alicyclic amines) is 1. The van der Waals surface area contributed by atoms with E-state index in [0.29, 0.717) is 35.9 Å². The van der Waals surface area contributed by atoms with E-state index in [2.05, 4.69) is 10.3 Å². The van der Waals surface area contributed by atoms with E-state index >= 15 is 0 Å². The van der Waals surface area contributed by atoms with Crippen LogP contribution in [0.2, 0.25) is 5.02 Å². The van der Waals surface area contributed by atoms with Crippen LogP contribution in [0.5, 0.6) is 0 Å². The number of amides is 1. The minimum atomic E-state index is -0.418. The predicted octanol–water partition coefficient (Wildman–Crippen LogP) is 0.983. The number of carbonyl (C=O) groups is 1. The number of β-amino-alcohol motifs (C(OH)–C–C–N with tert-alkyl or cyclic N) is 1. The van der Waals surface area contributed by atoms with Crippen LogP contribution in [0.15, 0.2) is 12.3 Å². The monoisotopic (exact) mass is 255 g/mol. The topological polar surface area (TPSA) is 65.5 Å². The number of aliphatic hydroxyl groups is 1. The first-order valence-electron chi connectivity index (χ1n) is 5.42. The summed E-state index contributed by atoms with van der Waals surface area (Å²) in [5.41, 5.74) is 0.447. The number of aliphatic hydroxyl groups excluding tert-OH is 1. The van der Waals surface area contributed by atoms with Crippen molar-refractivity contribution in [3.8, 4) is 0 Å². The van der Waals surface area contributed by atoms with Crippen molar-refractivity contribution in [2.75, 3.05) is 25.5 Å². The second kappa shape index (κ2) is 4.89. The third-order valence-corrected chi connectivity index (χ3v) is 3.06. The maximum absolute atomic E-state index is 12.0. The fourth-order valence-electron chi connectivity index (χ4n) is 1.85. The zero-order valence-corrected chi connectivity index (χ0v) is 10.2. The molecule has 0 bridgehead atoms. The van der Waals surface area contributed by atoms with Gasteiger partial charge < -0.3 is 15.3 Å². The number of aromatic nitrogens is 1. The number of pyridine rings is 1. The molecule has 6 heteroatoms. The van der Waals surface area contributed by atoms with Gasteiger partial charge in [0.05, 0.1) is 16.7 Å². The third kappa shape index (κ3) is 2.50. The first kappa shape index (κ1) is 12.1. The van der Waals surface area contributed by atoms with Crippen molar-refractivity contribution in [2.45, 2.75) is 12.5 Å². The summed E-state index contributed by atoms with van der Waals surface area (Å²) in [6.07, 6.45) is 1.70. The SMILES string of the molecule is CNc1ncc(C(=O)N2CCC(O)C2)cc1Cl. The molecule has 17 heavy (non-hydrogen) atoms. The van der Waals surface area contributed by atoms with Gasteiger partial charge in [0.15, 0.2) is 0 Å². The molecule has 2 heterocycles. The van der Waals surface area contributed by atoms with Gasteiger partial charge in [-0.3, -0.25) is 4.79 Å². The summed E-state index contributed by atoms with van der Waals surface area (Å²) in [5.74, 6) is 0.406. The van der Waals surface area contributed by atoms with Crippen LogP contribution in [-0.4, -0.2) is 47.1 Å². The van der Waals surface area contributed by atoms with Crippen molar-refractivity contribution < 1.29 is 9.90 Å². The van der Waals surface area contributed by atoms with Gasteiger partial charge in [0.25, 0.3) is 5.91 Å². The Bertz CT molecular complexity index is 439. The molecule has 1 aliphatic rings. The Labute approximate surface area is 104 Å². The number of nitrogens with one attached hydrogen (secondary N) is 1. The summed E-state index contributed by atoms with van der Waals surface area (Å²) in [4.78, 5) is 17.7. The van der Waals surface area contributed by atoms with E-state index in [1.165, 1.54) is 6.20 Å². The highest BCUT2D eigenvalue weighted by molar-refractivity contribution is 6.33. The first-order chi connectivity index (χ1) is 8.11. The summed E-state index contributed by atoms with van der Waals surface area (Å²) < 4.78 is 0. The standard InChI is InChI=1S/C11H14ClN3O2/c1-13-10-9(12)4-7(5-14-10)11(17)15-3-2-8(16)6-15/h4-5,8,16H,2-3,6H2,1H3,(H,13,14). The number of rotatable bonds is 2. The first-order valence-corrected chi connectivity index (χ1v) is 5.80. The highest BCUT2D eigenvalue weighted by atomic mass is 35.5. The van der Waals surface area contributed by atoms with Crippen molar-refractivity contribution in [3.63, 3.8) is 0 Å². The van der Waals surface area contributed by atoms with Gasteiger partial charge in [0.2, 0.25) is 0 Å². The fourth-order valence-corrected chi connectivity index (χ4v) is 2.11. The molecule has 1 aromatic heterocycles. The molecule has 0 aromatic carbocycles. The average molecular weight is 256 g/mol. The molecule has 5 nitrogen and oxygen atoms in total. The number of nitrogens with zero attached hydrogens (tertiary/aromatic N) is 2. The highest BCUT2D eigenvalue weighted by Crippen LogP contribution is 2.21. The molecule has 1 aromatic rings. The summed E-state index contributed by atoms with van der Waals surface area (Å²) in [5, 5.41) is 12.6. The maximum atomic E-state index is 12.0. The number of hydrogen-bond donors (Lipinski definition) is 2. The molecular weight excluding hydrogens is 242 g/mol. The zero-order chi connectivity index (χ0) is 12.4. The maximum Gasteiger partial charge on any atom is 0.255 e. The summed E-state index contributed by atoms with van der Waals surface area (Å²) in [7, 11) is 1.71. The normalized spacial score (nSPS) is 19.5. The lowest BCUT2D eigenvalue weighted by Crippen LogP contribution is -2.29. The van der Waals surface area contributed by atoms with Gasteiger partial charge in [-0.05, 0) is 12.5 Å². The molecule has 1 fully saturated rings. The van der Waals surface area contributed by atoms with E-state index in [9.17, 15) is 9.90 Å². The molecule has 1 atom stereocenters. The van der Waals surface area contributed by atoms with Crippen LogP contribution in [0.4, 0.5) is 5.82 Å². The highest BCUT2D eigenvalue weighted by Gasteiger charge is 2.25. The Balaban J connectivity index is 2.17. The average Bonchev–Trinajstić information content (AvgIpc) is 2.75. The van der Waals surface area contributed by atoms with Gasteiger partial charge in [-0.15, -0.1) is 0 Å². The summed E-state index contributed by atoms with van der Waals surface area (Å²) in [6.45, 7) is 0.954. The van der Waals surface area contributed by atoms with Crippen LogP contribution in [0.25, 0.3) is 0 Å². The van der Waals surface area contributed by atoms with Gasteiger partial charge in [-0.25, -0.2) is 4.98 Å². The Morgan fingerprint density at radius 3 is 3.00 bits per heavy atom. The summed E-state index contributed by atoms with van der Waals surface area (Å²) in [6, 6.07) is 1.59. The quantitative estimate of drug-likeness (QED) is 0.827. The van der Waals surface area contributed by atoms with Crippen LogP contribution in [0.1, 0.15) is 16.8 Å². The van der Waals surface area contributed by atoms with Crippen molar-refractivity contribution >= 4 is 23.3 Å². The van der Waals surface area contributed by atoms with Crippen LogP contribution in [-0.2, 0) is 0 Å². The second-order valence-corrected chi connectivity index (χ2v) is 4.41. The van der Waals surface area contributed by atoms with Crippen LogP contribution >= 0.6 is 11.6 Å². The lowest BCUT2D eigenvalue weighted by atomic mass is 10.2. The fraction of sp³-hybridized carbons (Fsp3) is 0.455. The molecule has 0 aliphatic carbocycles. The molecule has 0 saturated carbocycles. The molecule has 1 unspecified atom stereocenters. The van der Waals surface area contributed by atoms with Crippen molar-refractivity contribution in [3.05, 3.63) is 22.8 Å². The Morgan fingerprint density at radius 2 is 2.47 bits per heavy atom. The minimum Gasteiger partial charge on any atom is -0.391 e. The van der Waals surface area contributed by atoms with Crippen LogP contribution in [0.3, 0.4) is 0 Å². The van der Waals surface area contributed by atoms with Crippen LogP contribution in [0, 0.1) is 0 Å². The minimum absolute atomic E-state index is 0.140. The molecule has 1 saturated heterocycles. The molecule has 1 amide bonds. The van der Waals surface area contributed by atoms with Crippen molar-refractivity contribution in [2.24, 2.45) is 0 Å². The summed E-state index contributed by atoms with van der Waals surface area (Å²) >= 11 is 5.96. The predicted molar refractivity (Wildman–Crippen MR) is 65.3 cm³/mol. The van der Waals surface area contributed by atoms with Crippen LogP contribution < -0.4 is 5.32 Å². The van der Waals surface area contributed by atoms with E-state index < -0.39 is 6.10 Å². The van der Waals surface area contributed by atoms with Gasteiger partial charge >= 0.3 is 0 Å². The zero-order valence-electron chi connectivity index (χ0n) is 9.48. The lowest BCUT2D eigenvalue weighted by molar-refractivity contribution is 0.0764. The van der Waals surface area contributed by atoms with Gasteiger partial charge in [0, 0.05) is 26.3 Å². The Morgan fingerprint density at radius 1 is 1.71 bits per heavy atom. The van der Waals surface area contributed by atoms with E-state index in [-0.39, 0.29) is 5.91 Å². The third-order valence-electron chi connectivity index (χ3n) is 2.78. The molecular formula is C11H14ClN3O2. The molecule has 1 aliphatic heterocycles. The second-order valence-electron chi connectivity index (χ2n) is 4.00. The van der Waals surface area contributed by atoms with E-state index in [4.69, 9.17) is 11.6 Å². The number of anilines is 1. The van der Waals surface area contributed by atoms with E-state index in [1.807, 2.05) is 0 Å². The van der Waals surface area contributed by atoms with Gasteiger partial charge in [0.1, 0.15) is 5.82 Å². The molecule has 2 rings (SSSR count). The number of halogens is 1. The van der Waals surface area contributed by atoms with E-state index in [0.717, 1.165) is 0 Å². The van der Waals surface area contributed by atoms with Gasteiger partial charge in [-0.1, -0.05) is 11.6 Å². The molecule has 0 spiro atoms. The van der Waals surface area contributed by atoms with Gasteiger partial charge in [-0.2, -0.15) is 0 Å². The Kier molecular flexibility index (Phi) is 3.49. The number of hydrogen-bond acceptors (Lipinski definition) is 4. The number of carbonyl (C=O) groups excluding carboxylic acids is 1. The largest absolute Gasteiger partial charge is 0.391 e. The van der Waals surface area contributed by atoms with E-state index in [1.54, 1.807) is 18.0 Å². The molecule has 2 N–H and O–H groups in total. The lowest BCUT2D eigenvalue weighted by Gasteiger charge is -2.15. The Hall–Kier alpha value is -1.33. The smallest absolute Gasteiger partial charge is 0.255 e. The van der Waals surface area contributed by atoms with Crippen molar-refractivity contribution in [1.82, 2.24) is 9.88 Å².